The van der Waals surface area contributed by atoms with Crippen LogP contribution in [0.4, 0.5) is 0 Å². The Morgan fingerprint density at radius 3 is 2.57 bits per heavy atom. The Bertz CT molecular complexity index is 625. The normalized spacial score (nSPS) is 12.2. The summed E-state index contributed by atoms with van der Waals surface area (Å²) in [5.74, 6) is 1.78. The van der Waals surface area contributed by atoms with E-state index in [1.165, 1.54) is 5.56 Å². The summed E-state index contributed by atoms with van der Waals surface area (Å²) in [6, 6.07) is 8.07. The molecular formula is C17H23N3O. The van der Waals surface area contributed by atoms with Crippen LogP contribution in [-0.4, -0.2) is 10.2 Å². The summed E-state index contributed by atoms with van der Waals surface area (Å²) in [5, 5.41) is 8.33. The number of hydrogen-bond acceptors (Lipinski definition) is 4. The molecule has 0 amide bonds. The van der Waals surface area contributed by atoms with Crippen molar-refractivity contribution in [3.05, 3.63) is 46.6 Å². The maximum atomic E-state index is 6.04. The highest BCUT2D eigenvalue weighted by molar-refractivity contribution is 5.42. The first-order chi connectivity index (χ1) is 10.1. The Morgan fingerprint density at radius 2 is 1.90 bits per heavy atom. The molecule has 1 heterocycles. The van der Waals surface area contributed by atoms with E-state index in [0.717, 1.165) is 29.0 Å². The quantitative estimate of drug-likeness (QED) is 0.906. The number of hydrogen-bond donors (Lipinski definition) is 1. The van der Waals surface area contributed by atoms with E-state index in [4.69, 9.17) is 10.5 Å². The van der Waals surface area contributed by atoms with Gasteiger partial charge in [-0.3, -0.25) is 0 Å². The Hall–Kier alpha value is -1.94. The number of benzene rings is 1. The highest BCUT2D eigenvalue weighted by Gasteiger charge is 2.15. The molecule has 4 nitrogen and oxygen atoms in total. The fourth-order valence-electron chi connectivity index (χ4n) is 2.26. The molecule has 2 N–H and O–H groups in total. The minimum atomic E-state index is 0.392. The second-order valence-corrected chi connectivity index (χ2v) is 5.35. The van der Waals surface area contributed by atoms with Gasteiger partial charge in [0.15, 0.2) is 0 Å². The van der Waals surface area contributed by atoms with Gasteiger partial charge in [0.25, 0.3) is 0 Å². The highest BCUT2D eigenvalue weighted by Crippen LogP contribution is 2.33. The molecule has 21 heavy (non-hydrogen) atoms. The molecule has 0 fully saturated rings. The molecule has 0 radical (unpaired) electrons. The van der Waals surface area contributed by atoms with Gasteiger partial charge >= 0.3 is 0 Å². The van der Waals surface area contributed by atoms with E-state index in [1.807, 2.05) is 32.0 Å². The monoisotopic (exact) mass is 285 g/mol. The molecule has 2 aromatic rings. The second kappa shape index (κ2) is 6.68. The third-order valence-corrected chi connectivity index (χ3v) is 4.02. The lowest BCUT2D eigenvalue weighted by atomic mass is 9.98. The van der Waals surface area contributed by atoms with Gasteiger partial charge in [0.05, 0.1) is 5.69 Å². The fourth-order valence-corrected chi connectivity index (χ4v) is 2.26. The maximum absolute atomic E-state index is 6.04. The van der Waals surface area contributed by atoms with Crippen molar-refractivity contribution in [2.45, 2.75) is 46.6 Å². The summed E-state index contributed by atoms with van der Waals surface area (Å²) in [6.45, 7) is 8.68. The minimum Gasteiger partial charge on any atom is -0.437 e. The van der Waals surface area contributed by atoms with Gasteiger partial charge in [-0.05, 0) is 43.4 Å². The molecule has 0 saturated carbocycles. The Kier molecular flexibility index (Phi) is 4.91. The van der Waals surface area contributed by atoms with E-state index >= 15 is 0 Å². The first kappa shape index (κ1) is 15.4. The Morgan fingerprint density at radius 1 is 1.19 bits per heavy atom. The van der Waals surface area contributed by atoms with Crippen molar-refractivity contribution in [3.8, 4) is 11.6 Å². The van der Waals surface area contributed by atoms with Crippen LogP contribution in [0.3, 0.4) is 0 Å². The molecule has 1 atom stereocenters. The van der Waals surface area contributed by atoms with Crippen LogP contribution in [0.25, 0.3) is 0 Å². The maximum Gasteiger partial charge on any atom is 0.243 e. The van der Waals surface area contributed by atoms with Crippen LogP contribution in [0.1, 0.15) is 48.6 Å². The van der Waals surface area contributed by atoms with Crippen LogP contribution >= 0.6 is 0 Å². The van der Waals surface area contributed by atoms with Crippen LogP contribution in [-0.2, 0) is 6.54 Å². The van der Waals surface area contributed by atoms with Crippen molar-refractivity contribution in [2.24, 2.45) is 5.73 Å². The molecule has 0 saturated heterocycles. The van der Waals surface area contributed by atoms with E-state index in [0.29, 0.717) is 18.3 Å². The SMILES string of the molecule is CCC(C)c1ccccc1Oc1nnc(C)c(C)c1CN. The van der Waals surface area contributed by atoms with Crippen molar-refractivity contribution in [3.63, 3.8) is 0 Å². The third-order valence-electron chi connectivity index (χ3n) is 4.02. The van der Waals surface area contributed by atoms with E-state index in [-0.39, 0.29) is 0 Å². The average molecular weight is 285 g/mol. The zero-order valence-electron chi connectivity index (χ0n) is 13.2. The van der Waals surface area contributed by atoms with E-state index < -0.39 is 0 Å². The van der Waals surface area contributed by atoms with Crippen molar-refractivity contribution >= 4 is 0 Å². The molecular weight excluding hydrogens is 262 g/mol. The van der Waals surface area contributed by atoms with Crippen LogP contribution < -0.4 is 10.5 Å². The summed E-state index contributed by atoms with van der Waals surface area (Å²) in [6.07, 6.45) is 1.06. The number of ether oxygens (including phenoxy) is 1. The number of aryl methyl sites for hydroxylation is 1. The van der Waals surface area contributed by atoms with Gasteiger partial charge in [0.1, 0.15) is 5.75 Å². The van der Waals surface area contributed by atoms with Crippen LogP contribution in [0.5, 0.6) is 11.6 Å². The molecule has 4 heteroatoms. The van der Waals surface area contributed by atoms with Crippen molar-refractivity contribution in [2.75, 3.05) is 0 Å². The van der Waals surface area contributed by atoms with Gasteiger partial charge in [-0.1, -0.05) is 32.0 Å². The van der Waals surface area contributed by atoms with Crippen molar-refractivity contribution in [1.82, 2.24) is 10.2 Å². The van der Waals surface area contributed by atoms with Gasteiger partial charge in [-0.2, -0.15) is 5.10 Å². The first-order valence-electron chi connectivity index (χ1n) is 7.38. The summed E-state index contributed by atoms with van der Waals surface area (Å²) < 4.78 is 6.04. The molecule has 1 aromatic carbocycles. The number of nitrogens with two attached hydrogens (primary N) is 1. The van der Waals surface area contributed by atoms with Gasteiger partial charge in [0, 0.05) is 12.1 Å². The molecule has 2 rings (SSSR count). The van der Waals surface area contributed by atoms with Crippen LogP contribution in [0.2, 0.25) is 0 Å². The number of para-hydroxylation sites is 1. The fraction of sp³-hybridized carbons (Fsp3) is 0.412. The summed E-state index contributed by atoms with van der Waals surface area (Å²) in [7, 11) is 0. The van der Waals surface area contributed by atoms with E-state index in [9.17, 15) is 0 Å². The second-order valence-electron chi connectivity index (χ2n) is 5.35. The molecule has 1 aromatic heterocycles. The number of rotatable bonds is 5. The summed E-state index contributed by atoms with van der Waals surface area (Å²) in [4.78, 5) is 0. The van der Waals surface area contributed by atoms with Gasteiger partial charge in [-0.15, -0.1) is 5.10 Å². The smallest absolute Gasteiger partial charge is 0.243 e. The van der Waals surface area contributed by atoms with Crippen LogP contribution in [0, 0.1) is 13.8 Å². The van der Waals surface area contributed by atoms with E-state index in [2.05, 4.69) is 30.1 Å². The molecule has 0 spiro atoms. The Labute approximate surface area is 126 Å². The lowest BCUT2D eigenvalue weighted by molar-refractivity contribution is 0.437. The predicted octanol–water partition coefficient (Wildman–Crippen LogP) is 3.86. The lowest BCUT2D eigenvalue weighted by Crippen LogP contribution is -2.08. The van der Waals surface area contributed by atoms with E-state index in [1.54, 1.807) is 0 Å². The zero-order chi connectivity index (χ0) is 15.4. The molecule has 112 valence electrons. The summed E-state index contributed by atoms with van der Waals surface area (Å²) >= 11 is 0. The predicted molar refractivity (Wildman–Crippen MR) is 84.6 cm³/mol. The topological polar surface area (TPSA) is 61.0 Å². The van der Waals surface area contributed by atoms with Gasteiger partial charge in [-0.25, -0.2) is 0 Å². The molecule has 1 unspecified atom stereocenters. The van der Waals surface area contributed by atoms with Gasteiger partial charge in [0.2, 0.25) is 5.88 Å². The third kappa shape index (κ3) is 3.22. The highest BCUT2D eigenvalue weighted by atomic mass is 16.5. The number of aromatic nitrogens is 2. The summed E-state index contributed by atoms with van der Waals surface area (Å²) in [5.41, 5.74) is 9.88. The Balaban J connectivity index is 2.42. The van der Waals surface area contributed by atoms with Gasteiger partial charge < -0.3 is 10.5 Å². The molecule has 0 aliphatic heterocycles. The van der Waals surface area contributed by atoms with Crippen molar-refractivity contribution in [1.29, 1.82) is 0 Å². The average Bonchev–Trinajstić information content (AvgIpc) is 2.51. The molecule has 0 aliphatic rings. The lowest BCUT2D eigenvalue weighted by Gasteiger charge is -2.17. The molecule has 0 aliphatic carbocycles. The minimum absolute atomic E-state index is 0.392. The largest absolute Gasteiger partial charge is 0.437 e. The van der Waals surface area contributed by atoms with Crippen LogP contribution in [0.15, 0.2) is 24.3 Å². The zero-order valence-corrected chi connectivity index (χ0v) is 13.2. The first-order valence-corrected chi connectivity index (χ1v) is 7.38. The molecule has 0 bridgehead atoms. The number of nitrogens with zero attached hydrogens (tertiary/aromatic N) is 2. The van der Waals surface area contributed by atoms with Crippen molar-refractivity contribution < 1.29 is 4.74 Å². The standard InChI is InChI=1S/C17H23N3O/c1-5-11(2)14-8-6-7-9-16(14)21-17-15(10-18)12(3)13(4)19-20-17/h6-9,11H,5,10,18H2,1-4H3.